The molecule has 0 spiro atoms. The molecule has 0 saturated carbocycles. The number of carbonyl (C=O) groups is 1. The Morgan fingerprint density at radius 2 is 2.09 bits per heavy atom. The Morgan fingerprint density at radius 1 is 1.30 bits per heavy atom. The Labute approximate surface area is 144 Å². The number of para-hydroxylation sites is 2. The minimum atomic E-state index is 0. The molecule has 2 heterocycles. The maximum atomic E-state index is 12.3. The normalized spacial score (nSPS) is 23.7. The Bertz CT molecular complexity index is 526. The van der Waals surface area contributed by atoms with Gasteiger partial charge >= 0.3 is 0 Å². The van der Waals surface area contributed by atoms with Gasteiger partial charge in [0.2, 0.25) is 5.91 Å². The van der Waals surface area contributed by atoms with E-state index in [1.807, 2.05) is 31.2 Å². The quantitative estimate of drug-likeness (QED) is 0.864. The highest BCUT2D eigenvalue weighted by atomic mass is 35.5. The van der Waals surface area contributed by atoms with Crippen LogP contribution in [0.25, 0.3) is 0 Å². The first-order valence-electron chi connectivity index (χ1n) is 8.24. The van der Waals surface area contributed by atoms with Crippen molar-refractivity contribution in [2.24, 2.45) is 0 Å². The van der Waals surface area contributed by atoms with Crippen molar-refractivity contribution in [3.8, 4) is 5.75 Å². The van der Waals surface area contributed by atoms with Gasteiger partial charge in [0.15, 0.2) is 0 Å². The van der Waals surface area contributed by atoms with Crippen molar-refractivity contribution in [3.63, 3.8) is 0 Å². The molecule has 1 aromatic carbocycles. The second-order valence-electron chi connectivity index (χ2n) is 6.14. The Balaban J connectivity index is 0.00000192. The van der Waals surface area contributed by atoms with Gasteiger partial charge in [0.25, 0.3) is 0 Å². The molecule has 0 aliphatic carbocycles. The molecular weight excluding hydrogens is 314 g/mol. The van der Waals surface area contributed by atoms with Crippen molar-refractivity contribution in [1.82, 2.24) is 10.2 Å². The Morgan fingerprint density at radius 3 is 2.91 bits per heavy atom. The molecule has 0 radical (unpaired) electrons. The fraction of sp³-hybridized carbons (Fsp3) is 0.588. The summed E-state index contributed by atoms with van der Waals surface area (Å²) in [4.78, 5) is 14.6. The van der Waals surface area contributed by atoms with E-state index < -0.39 is 0 Å². The summed E-state index contributed by atoms with van der Waals surface area (Å²) in [6.07, 6.45) is 3.65. The molecule has 2 saturated heterocycles. The first kappa shape index (κ1) is 18.0. The van der Waals surface area contributed by atoms with E-state index in [-0.39, 0.29) is 18.3 Å². The van der Waals surface area contributed by atoms with Crippen molar-refractivity contribution in [2.75, 3.05) is 31.6 Å². The molecule has 2 bridgehead atoms. The van der Waals surface area contributed by atoms with E-state index in [9.17, 15) is 4.79 Å². The van der Waals surface area contributed by atoms with Crippen molar-refractivity contribution in [2.45, 2.75) is 38.3 Å². The molecule has 2 unspecified atom stereocenters. The topological polar surface area (TPSA) is 53.6 Å². The third-order valence-electron chi connectivity index (χ3n) is 4.44. The smallest absolute Gasteiger partial charge is 0.238 e. The predicted octanol–water partition coefficient (Wildman–Crippen LogP) is 2.27. The number of rotatable bonds is 5. The number of benzene rings is 1. The average Bonchev–Trinajstić information content (AvgIpc) is 2.84. The highest BCUT2D eigenvalue weighted by Gasteiger charge is 2.29. The van der Waals surface area contributed by atoms with Crippen molar-refractivity contribution in [1.29, 1.82) is 0 Å². The maximum absolute atomic E-state index is 12.3. The predicted molar refractivity (Wildman–Crippen MR) is 94.5 cm³/mol. The summed E-state index contributed by atoms with van der Waals surface area (Å²) in [7, 11) is 0. The van der Waals surface area contributed by atoms with Gasteiger partial charge in [-0.2, -0.15) is 0 Å². The summed E-state index contributed by atoms with van der Waals surface area (Å²) < 4.78 is 5.55. The number of fused-ring (bicyclic) bond motifs is 2. The lowest BCUT2D eigenvalue weighted by molar-refractivity contribution is -0.117. The summed E-state index contributed by atoms with van der Waals surface area (Å²) in [6.45, 7) is 4.95. The molecule has 6 heteroatoms. The molecule has 0 aromatic heterocycles. The lowest BCUT2D eigenvalue weighted by Gasteiger charge is -2.23. The van der Waals surface area contributed by atoms with Crippen LogP contribution in [-0.4, -0.2) is 49.1 Å². The van der Waals surface area contributed by atoms with Crippen LogP contribution in [0.5, 0.6) is 5.75 Å². The fourth-order valence-electron chi connectivity index (χ4n) is 3.40. The Kier molecular flexibility index (Phi) is 6.69. The molecule has 23 heavy (non-hydrogen) atoms. The number of ether oxygens (including phenoxy) is 1. The first-order valence-corrected chi connectivity index (χ1v) is 8.24. The minimum absolute atomic E-state index is 0. The van der Waals surface area contributed by atoms with E-state index in [4.69, 9.17) is 4.74 Å². The third kappa shape index (κ3) is 4.83. The SMILES string of the molecule is CCOc1ccccc1NC(=O)CN1CCC2CCC(C1)N2.Cl. The first-order chi connectivity index (χ1) is 10.7. The van der Waals surface area contributed by atoms with Crippen LogP contribution in [0.2, 0.25) is 0 Å². The molecule has 1 amide bonds. The van der Waals surface area contributed by atoms with Crippen LogP contribution < -0.4 is 15.4 Å². The number of carbonyl (C=O) groups excluding carboxylic acids is 1. The van der Waals surface area contributed by atoms with Gasteiger partial charge in [0.1, 0.15) is 5.75 Å². The number of nitrogens with one attached hydrogen (secondary N) is 2. The van der Waals surface area contributed by atoms with Crippen LogP contribution in [0.3, 0.4) is 0 Å². The van der Waals surface area contributed by atoms with Gasteiger partial charge in [-0.3, -0.25) is 9.69 Å². The lowest BCUT2D eigenvalue weighted by atomic mass is 10.1. The van der Waals surface area contributed by atoms with Crippen LogP contribution in [0.4, 0.5) is 5.69 Å². The van der Waals surface area contributed by atoms with Crippen LogP contribution in [0.1, 0.15) is 26.2 Å². The molecule has 2 N–H and O–H groups in total. The second kappa shape index (κ2) is 8.52. The van der Waals surface area contributed by atoms with Crippen molar-refractivity contribution >= 4 is 24.0 Å². The number of likely N-dealkylation sites (tertiary alicyclic amines) is 1. The highest BCUT2D eigenvalue weighted by molar-refractivity contribution is 5.93. The van der Waals surface area contributed by atoms with Gasteiger partial charge in [0, 0.05) is 25.2 Å². The zero-order chi connectivity index (χ0) is 15.4. The molecule has 1 aromatic rings. The van der Waals surface area contributed by atoms with E-state index in [1.54, 1.807) is 0 Å². The van der Waals surface area contributed by atoms with Crippen LogP contribution in [0.15, 0.2) is 24.3 Å². The summed E-state index contributed by atoms with van der Waals surface area (Å²) in [5.74, 6) is 0.764. The van der Waals surface area contributed by atoms with E-state index >= 15 is 0 Å². The summed E-state index contributed by atoms with van der Waals surface area (Å²) in [5.41, 5.74) is 0.754. The number of hydrogen-bond acceptors (Lipinski definition) is 4. The van der Waals surface area contributed by atoms with Crippen molar-refractivity contribution < 1.29 is 9.53 Å². The van der Waals surface area contributed by atoms with Crippen LogP contribution in [-0.2, 0) is 4.79 Å². The van der Waals surface area contributed by atoms with Crippen LogP contribution in [0, 0.1) is 0 Å². The summed E-state index contributed by atoms with van der Waals surface area (Å²) in [5, 5.41) is 6.62. The zero-order valence-electron chi connectivity index (χ0n) is 13.6. The molecule has 3 rings (SSSR count). The fourth-order valence-corrected chi connectivity index (χ4v) is 3.40. The van der Waals surface area contributed by atoms with Gasteiger partial charge < -0.3 is 15.4 Å². The minimum Gasteiger partial charge on any atom is -0.492 e. The van der Waals surface area contributed by atoms with Gasteiger partial charge in [-0.05, 0) is 38.3 Å². The molecule has 5 nitrogen and oxygen atoms in total. The summed E-state index contributed by atoms with van der Waals surface area (Å²) >= 11 is 0. The summed E-state index contributed by atoms with van der Waals surface area (Å²) in [6, 6.07) is 8.79. The second-order valence-corrected chi connectivity index (χ2v) is 6.14. The van der Waals surface area contributed by atoms with Crippen LogP contribution >= 0.6 is 12.4 Å². The number of hydrogen-bond donors (Lipinski definition) is 2. The van der Waals surface area contributed by atoms with E-state index in [0.717, 1.165) is 30.9 Å². The largest absolute Gasteiger partial charge is 0.492 e. The molecule has 2 atom stereocenters. The molecule has 2 fully saturated rings. The molecule has 2 aliphatic heterocycles. The average molecular weight is 340 g/mol. The molecular formula is C17H26ClN3O2. The monoisotopic (exact) mass is 339 g/mol. The highest BCUT2D eigenvalue weighted by Crippen LogP contribution is 2.24. The third-order valence-corrected chi connectivity index (χ3v) is 4.44. The van der Waals surface area contributed by atoms with Gasteiger partial charge in [0.05, 0.1) is 18.8 Å². The standard InChI is InChI=1S/C17H25N3O2.ClH/c1-2-22-16-6-4-3-5-15(16)19-17(21)12-20-10-9-13-7-8-14(11-20)18-13;/h3-6,13-14,18H,2,7-12H2,1H3,(H,19,21);1H. The van der Waals surface area contributed by atoms with Crippen molar-refractivity contribution in [3.05, 3.63) is 24.3 Å². The lowest BCUT2D eigenvalue weighted by Crippen LogP contribution is -2.39. The molecule has 128 valence electrons. The number of amides is 1. The number of halogens is 1. The number of nitrogens with zero attached hydrogens (tertiary/aromatic N) is 1. The maximum Gasteiger partial charge on any atom is 0.238 e. The van der Waals surface area contributed by atoms with Gasteiger partial charge in [-0.15, -0.1) is 12.4 Å². The van der Waals surface area contributed by atoms with E-state index in [1.165, 1.54) is 12.8 Å². The van der Waals surface area contributed by atoms with E-state index in [2.05, 4.69) is 15.5 Å². The van der Waals surface area contributed by atoms with Gasteiger partial charge in [-0.25, -0.2) is 0 Å². The Hall–Kier alpha value is -1.30. The zero-order valence-corrected chi connectivity index (χ0v) is 14.4. The van der Waals surface area contributed by atoms with Gasteiger partial charge in [-0.1, -0.05) is 12.1 Å². The van der Waals surface area contributed by atoms with E-state index in [0.29, 0.717) is 25.2 Å². The number of anilines is 1. The molecule has 2 aliphatic rings.